The summed E-state index contributed by atoms with van der Waals surface area (Å²) in [7, 11) is 0. The topological polar surface area (TPSA) is 66.5 Å². The fraction of sp³-hybridized carbons (Fsp3) is 0.211. The molecule has 0 aromatic heterocycles. The number of amides is 3. The van der Waals surface area contributed by atoms with Gasteiger partial charge in [0.05, 0.1) is 11.1 Å². The van der Waals surface area contributed by atoms with Crippen LogP contribution in [-0.4, -0.2) is 35.7 Å². The molecule has 2 aromatic rings. The molecule has 2 aromatic carbocycles. The van der Waals surface area contributed by atoms with Gasteiger partial charge in [-0.25, -0.2) is 0 Å². The van der Waals surface area contributed by atoms with Gasteiger partial charge < -0.3 is 5.32 Å². The van der Waals surface area contributed by atoms with Crippen molar-refractivity contribution in [2.24, 2.45) is 0 Å². The fourth-order valence-corrected chi connectivity index (χ4v) is 3.00. The van der Waals surface area contributed by atoms with Crippen molar-refractivity contribution >= 4 is 29.3 Å². The van der Waals surface area contributed by atoms with E-state index in [0.717, 1.165) is 16.0 Å². The number of carbonyl (C=O) groups excluding carboxylic acids is 3. The zero-order valence-corrected chi connectivity index (χ0v) is 14.5. The van der Waals surface area contributed by atoms with Gasteiger partial charge in [-0.05, 0) is 43.2 Å². The van der Waals surface area contributed by atoms with Crippen molar-refractivity contribution in [1.29, 1.82) is 0 Å². The third-order valence-electron chi connectivity index (χ3n) is 4.05. The van der Waals surface area contributed by atoms with Gasteiger partial charge in [-0.15, -0.1) is 0 Å². The Morgan fingerprint density at radius 2 is 1.84 bits per heavy atom. The summed E-state index contributed by atoms with van der Waals surface area (Å²) >= 11 is 5.92. The van der Waals surface area contributed by atoms with Crippen LogP contribution in [0.1, 0.15) is 31.8 Å². The fourth-order valence-electron chi connectivity index (χ4n) is 2.79. The minimum absolute atomic E-state index is 0.277. The molecule has 5 nitrogen and oxygen atoms in total. The summed E-state index contributed by atoms with van der Waals surface area (Å²) in [5.74, 6) is -1.22. The SMILES string of the molecule is Cc1ccc2c(c1)C(=O)N(CC(=O)NCCc1cccc(Cl)c1)C2=O. The van der Waals surface area contributed by atoms with E-state index in [2.05, 4.69) is 5.32 Å². The van der Waals surface area contributed by atoms with Gasteiger partial charge in [0.25, 0.3) is 11.8 Å². The van der Waals surface area contributed by atoms with Crippen LogP contribution >= 0.6 is 11.6 Å². The third-order valence-corrected chi connectivity index (χ3v) is 4.29. The molecule has 1 N–H and O–H groups in total. The van der Waals surface area contributed by atoms with E-state index in [1.54, 1.807) is 24.3 Å². The molecule has 1 aliphatic heterocycles. The molecule has 0 saturated carbocycles. The van der Waals surface area contributed by atoms with E-state index in [-0.39, 0.29) is 12.5 Å². The summed E-state index contributed by atoms with van der Waals surface area (Å²) in [6.45, 7) is 1.98. The number of fused-ring (bicyclic) bond motifs is 1. The van der Waals surface area contributed by atoms with Crippen molar-refractivity contribution in [3.05, 3.63) is 69.7 Å². The molecule has 0 atom stereocenters. The van der Waals surface area contributed by atoms with Crippen LogP contribution in [0.3, 0.4) is 0 Å². The summed E-state index contributed by atoms with van der Waals surface area (Å²) in [5, 5.41) is 3.37. The molecule has 0 radical (unpaired) electrons. The Kier molecular flexibility index (Phi) is 4.86. The predicted molar refractivity (Wildman–Crippen MR) is 94.7 cm³/mol. The lowest BCUT2D eigenvalue weighted by Gasteiger charge is -2.13. The minimum Gasteiger partial charge on any atom is -0.354 e. The lowest BCUT2D eigenvalue weighted by Crippen LogP contribution is -2.40. The Labute approximate surface area is 150 Å². The van der Waals surface area contributed by atoms with Crippen molar-refractivity contribution in [2.45, 2.75) is 13.3 Å². The average molecular weight is 357 g/mol. The van der Waals surface area contributed by atoms with Gasteiger partial charge in [0.1, 0.15) is 6.54 Å². The molecule has 6 heteroatoms. The Balaban J connectivity index is 1.57. The van der Waals surface area contributed by atoms with Crippen molar-refractivity contribution in [1.82, 2.24) is 10.2 Å². The van der Waals surface area contributed by atoms with Gasteiger partial charge in [-0.2, -0.15) is 0 Å². The number of hydrogen-bond acceptors (Lipinski definition) is 3. The van der Waals surface area contributed by atoms with Crippen LogP contribution < -0.4 is 5.32 Å². The zero-order chi connectivity index (χ0) is 18.0. The highest BCUT2D eigenvalue weighted by molar-refractivity contribution is 6.30. The molecule has 0 spiro atoms. The second-order valence-electron chi connectivity index (χ2n) is 5.98. The van der Waals surface area contributed by atoms with E-state index in [0.29, 0.717) is 29.1 Å². The summed E-state index contributed by atoms with van der Waals surface area (Å²) in [6, 6.07) is 12.5. The molecule has 0 aliphatic carbocycles. The second-order valence-corrected chi connectivity index (χ2v) is 6.41. The van der Waals surface area contributed by atoms with Crippen molar-refractivity contribution in [2.75, 3.05) is 13.1 Å². The van der Waals surface area contributed by atoms with E-state index >= 15 is 0 Å². The molecule has 0 fully saturated rings. The Hall–Kier alpha value is -2.66. The van der Waals surface area contributed by atoms with Crippen molar-refractivity contribution < 1.29 is 14.4 Å². The summed E-state index contributed by atoms with van der Waals surface area (Å²) in [6.07, 6.45) is 0.619. The number of nitrogens with zero attached hydrogens (tertiary/aromatic N) is 1. The number of carbonyl (C=O) groups is 3. The summed E-state index contributed by atoms with van der Waals surface area (Å²) in [4.78, 5) is 37.7. The lowest BCUT2D eigenvalue weighted by atomic mass is 10.1. The van der Waals surface area contributed by atoms with E-state index in [4.69, 9.17) is 11.6 Å². The van der Waals surface area contributed by atoms with Gasteiger partial charge in [-0.3, -0.25) is 19.3 Å². The highest BCUT2D eigenvalue weighted by atomic mass is 35.5. The molecule has 25 heavy (non-hydrogen) atoms. The molecule has 0 unspecified atom stereocenters. The zero-order valence-electron chi connectivity index (χ0n) is 13.7. The van der Waals surface area contributed by atoms with E-state index < -0.39 is 11.8 Å². The first-order chi connectivity index (χ1) is 12.0. The molecule has 1 aliphatic rings. The standard InChI is InChI=1S/C19H17ClN2O3/c1-12-5-6-15-16(9-12)19(25)22(18(15)24)11-17(23)21-8-7-13-3-2-4-14(20)10-13/h2-6,9-10H,7-8,11H2,1H3,(H,21,23). The van der Waals surface area contributed by atoms with E-state index in [1.165, 1.54) is 0 Å². The number of benzene rings is 2. The molecular formula is C19H17ClN2O3. The highest BCUT2D eigenvalue weighted by Crippen LogP contribution is 2.23. The average Bonchev–Trinajstić information content (AvgIpc) is 2.79. The molecule has 128 valence electrons. The van der Waals surface area contributed by atoms with Crippen LogP contribution in [0, 0.1) is 6.92 Å². The van der Waals surface area contributed by atoms with Crippen LogP contribution in [0.4, 0.5) is 0 Å². The number of halogens is 1. The van der Waals surface area contributed by atoms with Crippen LogP contribution in [0.5, 0.6) is 0 Å². The maximum Gasteiger partial charge on any atom is 0.262 e. The van der Waals surface area contributed by atoms with E-state index in [9.17, 15) is 14.4 Å². The van der Waals surface area contributed by atoms with Crippen LogP contribution in [0.2, 0.25) is 5.02 Å². The van der Waals surface area contributed by atoms with Gasteiger partial charge >= 0.3 is 0 Å². The number of imide groups is 1. The Bertz CT molecular complexity index is 863. The first-order valence-electron chi connectivity index (χ1n) is 7.93. The number of hydrogen-bond donors (Lipinski definition) is 1. The molecule has 0 saturated heterocycles. The number of aryl methyl sites for hydroxylation is 1. The largest absolute Gasteiger partial charge is 0.354 e. The van der Waals surface area contributed by atoms with Gasteiger partial charge in [-0.1, -0.05) is 35.4 Å². The lowest BCUT2D eigenvalue weighted by molar-refractivity contribution is -0.121. The van der Waals surface area contributed by atoms with Crippen LogP contribution in [0.25, 0.3) is 0 Å². The highest BCUT2D eigenvalue weighted by Gasteiger charge is 2.36. The van der Waals surface area contributed by atoms with Crippen molar-refractivity contribution in [3.8, 4) is 0 Å². The van der Waals surface area contributed by atoms with Gasteiger partial charge in [0.2, 0.25) is 5.91 Å². The summed E-state index contributed by atoms with van der Waals surface area (Å²) < 4.78 is 0. The minimum atomic E-state index is -0.426. The smallest absolute Gasteiger partial charge is 0.262 e. The monoisotopic (exact) mass is 356 g/mol. The predicted octanol–water partition coefficient (Wildman–Crippen LogP) is 2.60. The normalized spacial score (nSPS) is 13.1. The Morgan fingerprint density at radius 1 is 1.08 bits per heavy atom. The number of nitrogens with one attached hydrogen (secondary N) is 1. The first kappa shape index (κ1) is 17.2. The van der Waals surface area contributed by atoms with Gasteiger partial charge in [0, 0.05) is 11.6 Å². The number of rotatable bonds is 5. The van der Waals surface area contributed by atoms with Gasteiger partial charge in [0.15, 0.2) is 0 Å². The van der Waals surface area contributed by atoms with Crippen LogP contribution in [0.15, 0.2) is 42.5 Å². The van der Waals surface area contributed by atoms with Crippen molar-refractivity contribution in [3.63, 3.8) is 0 Å². The molecule has 0 bridgehead atoms. The van der Waals surface area contributed by atoms with Crippen LogP contribution in [-0.2, 0) is 11.2 Å². The molecule has 3 rings (SSSR count). The molecule has 3 amide bonds. The maximum absolute atomic E-state index is 12.3. The first-order valence-corrected chi connectivity index (χ1v) is 8.31. The molecular weight excluding hydrogens is 340 g/mol. The molecule has 1 heterocycles. The second kappa shape index (κ2) is 7.07. The quantitative estimate of drug-likeness (QED) is 0.837. The van der Waals surface area contributed by atoms with E-state index in [1.807, 2.05) is 25.1 Å². The Morgan fingerprint density at radius 3 is 2.60 bits per heavy atom. The maximum atomic E-state index is 12.3. The summed E-state index contributed by atoms with van der Waals surface area (Å²) in [5.41, 5.74) is 2.61. The third kappa shape index (κ3) is 3.72.